The van der Waals surface area contributed by atoms with Crippen LogP contribution in [0.25, 0.3) is 0 Å². The van der Waals surface area contributed by atoms with E-state index in [0.717, 1.165) is 12.1 Å². The molecular formula is C12H18N6O. The molecule has 0 saturated heterocycles. The average molecular weight is 262 g/mol. The Morgan fingerprint density at radius 3 is 2.68 bits per heavy atom. The normalized spacial score (nSPS) is 10.7. The van der Waals surface area contributed by atoms with E-state index in [0.29, 0.717) is 23.6 Å². The molecule has 0 saturated carbocycles. The second kappa shape index (κ2) is 5.13. The van der Waals surface area contributed by atoms with Gasteiger partial charge >= 0.3 is 0 Å². The zero-order valence-corrected chi connectivity index (χ0v) is 11.3. The second-order valence-corrected chi connectivity index (χ2v) is 4.42. The quantitative estimate of drug-likeness (QED) is 0.812. The summed E-state index contributed by atoms with van der Waals surface area (Å²) >= 11 is 0. The molecule has 0 aliphatic rings. The van der Waals surface area contributed by atoms with Gasteiger partial charge in [0.25, 0.3) is 5.91 Å². The summed E-state index contributed by atoms with van der Waals surface area (Å²) < 4.78 is 3.29. The summed E-state index contributed by atoms with van der Waals surface area (Å²) in [6.07, 6.45) is 2.46. The highest BCUT2D eigenvalue weighted by atomic mass is 16.2. The van der Waals surface area contributed by atoms with Crippen molar-refractivity contribution >= 4 is 11.6 Å². The van der Waals surface area contributed by atoms with Crippen LogP contribution in [0.4, 0.5) is 5.69 Å². The van der Waals surface area contributed by atoms with Gasteiger partial charge in [-0.05, 0) is 13.0 Å². The van der Waals surface area contributed by atoms with Gasteiger partial charge in [0, 0.05) is 39.0 Å². The van der Waals surface area contributed by atoms with Crippen molar-refractivity contribution < 1.29 is 4.79 Å². The Morgan fingerprint density at radius 1 is 1.42 bits per heavy atom. The number of anilines is 1. The molecule has 7 nitrogen and oxygen atoms in total. The molecule has 0 radical (unpaired) electrons. The standard InChI is InChI=1S/C12H18N6O/c1-8-10(13)11(18(3)16-8)12(19)14-6-4-9-5-7-15-17(9)2/h5,7H,4,6,13H2,1-3H3,(H,14,19). The van der Waals surface area contributed by atoms with Gasteiger partial charge in [0.05, 0.1) is 11.4 Å². The van der Waals surface area contributed by atoms with Crippen LogP contribution in [0.3, 0.4) is 0 Å². The molecule has 0 aliphatic heterocycles. The summed E-state index contributed by atoms with van der Waals surface area (Å²) in [6.45, 7) is 2.31. The van der Waals surface area contributed by atoms with Crippen molar-refractivity contribution in [2.75, 3.05) is 12.3 Å². The van der Waals surface area contributed by atoms with Crippen molar-refractivity contribution in [1.82, 2.24) is 24.9 Å². The predicted octanol–water partition coefficient (Wildman–Crippen LogP) is 0.0167. The minimum Gasteiger partial charge on any atom is -0.395 e. The predicted molar refractivity (Wildman–Crippen MR) is 71.6 cm³/mol. The van der Waals surface area contributed by atoms with Gasteiger partial charge in [-0.1, -0.05) is 0 Å². The zero-order valence-electron chi connectivity index (χ0n) is 11.3. The lowest BCUT2D eigenvalue weighted by molar-refractivity contribution is 0.0945. The third-order valence-electron chi connectivity index (χ3n) is 3.07. The maximum Gasteiger partial charge on any atom is 0.271 e. The number of nitrogens with one attached hydrogen (secondary N) is 1. The highest BCUT2D eigenvalue weighted by Gasteiger charge is 2.17. The number of carbonyl (C=O) groups excluding carboxylic acids is 1. The van der Waals surface area contributed by atoms with E-state index in [4.69, 9.17) is 5.73 Å². The first-order valence-electron chi connectivity index (χ1n) is 6.05. The van der Waals surface area contributed by atoms with Crippen LogP contribution < -0.4 is 11.1 Å². The van der Waals surface area contributed by atoms with Crippen LogP contribution in [-0.2, 0) is 20.5 Å². The maximum atomic E-state index is 12.0. The molecule has 2 rings (SSSR count). The van der Waals surface area contributed by atoms with Crippen LogP contribution in [-0.4, -0.2) is 32.0 Å². The van der Waals surface area contributed by atoms with Gasteiger partial charge in [0.15, 0.2) is 0 Å². The summed E-state index contributed by atoms with van der Waals surface area (Å²) in [5, 5.41) is 11.0. The van der Waals surface area contributed by atoms with E-state index in [1.165, 1.54) is 4.68 Å². The molecule has 1 amide bonds. The molecular weight excluding hydrogens is 244 g/mol. The number of nitrogens with two attached hydrogens (primary N) is 1. The van der Waals surface area contributed by atoms with Crippen LogP contribution in [0.15, 0.2) is 12.3 Å². The number of hydrogen-bond donors (Lipinski definition) is 2. The molecule has 2 aromatic heterocycles. The molecule has 7 heteroatoms. The van der Waals surface area contributed by atoms with Crippen LogP contribution in [0, 0.1) is 6.92 Å². The highest BCUT2D eigenvalue weighted by Crippen LogP contribution is 2.14. The molecule has 19 heavy (non-hydrogen) atoms. The average Bonchev–Trinajstić information content (AvgIpc) is 2.85. The molecule has 0 atom stereocenters. The fourth-order valence-electron chi connectivity index (χ4n) is 1.98. The third kappa shape index (κ3) is 2.59. The molecule has 0 bridgehead atoms. The lowest BCUT2D eigenvalue weighted by atomic mass is 10.2. The van der Waals surface area contributed by atoms with Crippen LogP contribution in [0.2, 0.25) is 0 Å². The first-order chi connectivity index (χ1) is 9.00. The molecule has 0 aromatic carbocycles. The van der Waals surface area contributed by atoms with E-state index in [1.807, 2.05) is 13.1 Å². The Kier molecular flexibility index (Phi) is 3.55. The van der Waals surface area contributed by atoms with Crippen molar-refractivity contribution in [3.05, 3.63) is 29.3 Å². The van der Waals surface area contributed by atoms with Crippen LogP contribution in [0.1, 0.15) is 21.9 Å². The molecule has 3 N–H and O–H groups in total. The van der Waals surface area contributed by atoms with Gasteiger partial charge in [0.1, 0.15) is 5.69 Å². The number of rotatable bonds is 4. The summed E-state index contributed by atoms with van der Waals surface area (Å²) in [6, 6.07) is 1.93. The van der Waals surface area contributed by atoms with Crippen molar-refractivity contribution in [3.8, 4) is 0 Å². The highest BCUT2D eigenvalue weighted by molar-refractivity contribution is 5.97. The van der Waals surface area contributed by atoms with Crippen molar-refractivity contribution in [2.24, 2.45) is 14.1 Å². The Hall–Kier alpha value is -2.31. The maximum absolute atomic E-state index is 12.0. The van der Waals surface area contributed by atoms with Gasteiger partial charge in [-0.2, -0.15) is 10.2 Å². The van der Waals surface area contributed by atoms with Gasteiger partial charge in [-0.25, -0.2) is 0 Å². The van der Waals surface area contributed by atoms with Crippen molar-refractivity contribution in [3.63, 3.8) is 0 Å². The topological polar surface area (TPSA) is 90.8 Å². The number of nitrogen functional groups attached to an aromatic ring is 1. The lowest BCUT2D eigenvalue weighted by Crippen LogP contribution is -2.28. The summed E-state index contributed by atoms with van der Waals surface area (Å²) in [5.74, 6) is -0.206. The first-order valence-corrected chi connectivity index (χ1v) is 6.05. The number of amides is 1. The largest absolute Gasteiger partial charge is 0.395 e. The summed E-state index contributed by atoms with van der Waals surface area (Å²) in [7, 11) is 3.58. The fraction of sp³-hybridized carbons (Fsp3) is 0.417. The van der Waals surface area contributed by atoms with Crippen LogP contribution >= 0.6 is 0 Å². The molecule has 102 valence electrons. The van der Waals surface area contributed by atoms with Gasteiger partial charge < -0.3 is 11.1 Å². The molecule has 2 aromatic rings. The fourth-order valence-corrected chi connectivity index (χ4v) is 1.98. The lowest BCUT2D eigenvalue weighted by Gasteiger charge is -2.06. The minimum atomic E-state index is -0.206. The molecule has 0 fully saturated rings. The number of nitrogens with zero attached hydrogens (tertiary/aromatic N) is 4. The molecule has 0 unspecified atom stereocenters. The van der Waals surface area contributed by atoms with Gasteiger partial charge in [0.2, 0.25) is 0 Å². The summed E-state index contributed by atoms with van der Waals surface area (Å²) in [5.41, 5.74) is 8.40. The van der Waals surface area contributed by atoms with Gasteiger partial charge in [-0.15, -0.1) is 0 Å². The molecule has 2 heterocycles. The van der Waals surface area contributed by atoms with E-state index < -0.39 is 0 Å². The van der Waals surface area contributed by atoms with Crippen molar-refractivity contribution in [1.29, 1.82) is 0 Å². The van der Waals surface area contributed by atoms with Crippen LogP contribution in [0.5, 0.6) is 0 Å². The van der Waals surface area contributed by atoms with Crippen molar-refractivity contribution in [2.45, 2.75) is 13.3 Å². The SMILES string of the molecule is Cc1nn(C)c(C(=O)NCCc2ccnn2C)c1N. The minimum absolute atomic E-state index is 0.206. The smallest absolute Gasteiger partial charge is 0.271 e. The first kappa shape index (κ1) is 13.1. The monoisotopic (exact) mass is 262 g/mol. The Bertz CT molecular complexity index is 597. The van der Waals surface area contributed by atoms with E-state index in [2.05, 4.69) is 15.5 Å². The molecule has 0 aliphatic carbocycles. The van der Waals surface area contributed by atoms with E-state index in [-0.39, 0.29) is 5.91 Å². The molecule has 0 spiro atoms. The number of aromatic nitrogens is 4. The van der Waals surface area contributed by atoms with E-state index >= 15 is 0 Å². The zero-order chi connectivity index (χ0) is 14.0. The van der Waals surface area contributed by atoms with E-state index in [1.54, 1.807) is 24.9 Å². The van der Waals surface area contributed by atoms with E-state index in [9.17, 15) is 4.79 Å². The Morgan fingerprint density at radius 2 is 2.16 bits per heavy atom. The number of hydrogen-bond acceptors (Lipinski definition) is 4. The number of aryl methyl sites for hydroxylation is 3. The number of carbonyl (C=O) groups is 1. The Balaban J connectivity index is 1.97. The van der Waals surface area contributed by atoms with Gasteiger partial charge in [-0.3, -0.25) is 14.2 Å². The summed E-state index contributed by atoms with van der Waals surface area (Å²) in [4.78, 5) is 12.0. The second-order valence-electron chi connectivity index (χ2n) is 4.42. The Labute approximate surface area is 111 Å². The third-order valence-corrected chi connectivity index (χ3v) is 3.07.